The maximum Gasteiger partial charge on any atom is 0.255 e. The molecule has 1 heterocycles. The lowest BCUT2D eigenvalue weighted by atomic mass is 10.2. The highest BCUT2D eigenvalue weighted by Crippen LogP contribution is 2.24. The van der Waals surface area contributed by atoms with Crippen molar-refractivity contribution in [3.63, 3.8) is 0 Å². The lowest BCUT2D eigenvalue weighted by molar-refractivity contribution is 0.0973. The van der Waals surface area contributed by atoms with Crippen LogP contribution in [0.1, 0.15) is 16.1 Å². The molecule has 0 aliphatic rings. The highest BCUT2D eigenvalue weighted by Gasteiger charge is 2.11. The van der Waals surface area contributed by atoms with Crippen molar-refractivity contribution in [2.75, 3.05) is 7.11 Å². The number of benzene rings is 2. The zero-order valence-corrected chi connectivity index (χ0v) is 12.5. The molecule has 1 radical (unpaired) electrons. The molecule has 0 saturated carbocycles. The Kier molecular flexibility index (Phi) is 3.79. The third-order valence-corrected chi connectivity index (χ3v) is 3.53. The number of fused-ring (bicyclic) bond motifs is 1. The third kappa shape index (κ3) is 2.66. The van der Waals surface area contributed by atoms with Gasteiger partial charge in [0, 0.05) is 23.2 Å². The highest BCUT2D eigenvalue weighted by atomic mass is 16.5. The van der Waals surface area contributed by atoms with E-state index >= 15 is 0 Å². The van der Waals surface area contributed by atoms with Crippen LogP contribution in [0, 0.1) is 13.0 Å². The summed E-state index contributed by atoms with van der Waals surface area (Å²) in [5, 5.41) is 0.873. The average molecular weight is 290 g/mol. The normalized spacial score (nSPS) is 11.2. The van der Waals surface area contributed by atoms with Gasteiger partial charge in [-0.15, -0.1) is 0 Å². The summed E-state index contributed by atoms with van der Waals surface area (Å²) in [4.78, 5) is 12.5. The largest absolute Gasteiger partial charge is 0.497 e. The predicted molar refractivity (Wildman–Crippen MR) is 88.2 cm³/mol. The van der Waals surface area contributed by atoms with Gasteiger partial charge in [-0.2, -0.15) is 0 Å². The number of nitrogens with zero attached hydrogens (tertiary/aromatic N) is 1. The SMILES string of the molecule is COc1ccc2c([c]c(C)n2C(=O)/C=C/c2ccccc2)c1. The van der Waals surface area contributed by atoms with E-state index in [0.29, 0.717) is 0 Å². The Hall–Kier alpha value is -2.81. The molecule has 0 spiro atoms. The van der Waals surface area contributed by atoms with Gasteiger partial charge in [-0.3, -0.25) is 9.36 Å². The summed E-state index contributed by atoms with van der Waals surface area (Å²) < 4.78 is 6.87. The maximum absolute atomic E-state index is 12.5. The topological polar surface area (TPSA) is 31.2 Å². The number of allylic oxidation sites excluding steroid dienone is 1. The second-order valence-corrected chi connectivity index (χ2v) is 5.01. The van der Waals surface area contributed by atoms with Gasteiger partial charge in [0.05, 0.1) is 12.6 Å². The fourth-order valence-corrected chi connectivity index (χ4v) is 2.46. The number of hydrogen-bond acceptors (Lipinski definition) is 2. The van der Waals surface area contributed by atoms with E-state index < -0.39 is 0 Å². The molecule has 3 heteroatoms. The van der Waals surface area contributed by atoms with Crippen LogP contribution in [0.4, 0.5) is 0 Å². The summed E-state index contributed by atoms with van der Waals surface area (Å²) in [6.07, 6.45) is 3.40. The first kappa shape index (κ1) is 14.1. The van der Waals surface area contributed by atoms with Crippen molar-refractivity contribution in [1.82, 2.24) is 4.57 Å². The number of aryl methyl sites for hydroxylation is 1. The number of carbonyl (C=O) groups is 1. The van der Waals surface area contributed by atoms with E-state index in [0.717, 1.165) is 27.9 Å². The molecule has 0 aliphatic carbocycles. The quantitative estimate of drug-likeness (QED) is 0.680. The smallest absolute Gasteiger partial charge is 0.255 e. The molecule has 1 aromatic heterocycles. The standard InChI is InChI=1S/C19H16NO2/c1-14-12-16-13-17(22-2)9-10-18(16)20(14)19(21)11-8-15-6-4-3-5-7-15/h3-11,13H,1-2H3/b11-8+. The minimum absolute atomic E-state index is 0.0854. The van der Waals surface area contributed by atoms with E-state index in [1.54, 1.807) is 17.8 Å². The third-order valence-electron chi connectivity index (χ3n) is 3.53. The van der Waals surface area contributed by atoms with E-state index in [1.807, 2.05) is 61.5 Å². The molecule has 109 valence electrons. The van der Waals surface area contributed by atoms with Crippen LogP contribution in [-0.2, 0) is 0 Å². The van der Waals surface area contributed by atoms with Crippen LogP contribution < -0.4 is 4.74 Å². The fraction of sp³-hybridized carbons (Fsp3) is 0.105. The lowest BCUT2D eigenvalue weighted by Gasteiger charge is -2.04. The van der Waals surface area contributed by atoms with Gasteiger partial charge in [0.25, 0.3) is 5.91 Å². The van der Waals surface area contributed by atoms with Gasteiger partial charge < -0.3 is 4.74 Å². The van der Waals surface area contributed by atoms with Crippen molar-refractivity contribution < 1.29 is 9.53 Å². The summed E-state index contributed by atoms with van der Waals surface area (Å²) in [5.41, 5.74) is 2.61. The Bertz CT molecular complexity index is 845. The molecule has 3 aromatic rings. The van der Waals surface area contributed by atoms with E-state index in [1.165, 1.54) is 0 Å². The first-order chi connectivity index (χ1) is 10.7. The van der Waals surface area contributed by atoms with Crippen molar-refractivity contribution in [2.24, 2.45) is 0 Å². The summed E-state index contributed by atoms with van der Waals surface area (Å²) in [6, 6.07) is 18.6. The number of rotatable bonds is 3. The molecule has 0 amide bonds. The molecule has 0 saturated heterocycles. The Morgan fingerprint density at radius 3 is 2.68 bits per heavy atom. The maximum atomic E-state index is 12.5. The van der Waals surface area contributed by atoms with E-state index in [4.69, 9.17) is 4.74 Å². The first-order valence-corrected chi connectivity index (χ1v) is 7.05. The number of ether oxygens (including phenoxy) is 1. The van der Waals surface area contributed by atoms with Gasteiger partial charge in [-0.25, -0.2) is 0 Å². The molecular weight excluding hydrogens is 274 g/mol. The zero-order chi connectivity index (χ0) is 15.5. The van der Waals surface area contributed by atoms with E-state index in [2.05, 4.69) is 6.07 Å². The monoisotopic (exact) mass is 290 g/mol. The Morgan fingerprint density at radius 2 is 1.95 bits per heavy atom. The Balaban J connectivity index is 1.97. The van der Waals surface area contributed by atoms with Crippen LogP contribution in [-0.4, -0.2) is 17.6 Å². The molecule has 0 unspecified atom stereocenters. The van der Waals surface area contributed by atoms with Crippen LogP contribution in [0.2, 0.25) is 0 Å². The van der Waals surface area contributed by atoms with Gasteiger partial charge in [-0.1, -0.05) is 30.3 Å². The molecule has 3 rings (SSSR count). The van der Waals surface area contributed by atoms with Gasteiger partial charge in [-0.05, 0) is 36.8 Å². The summed E-state index contributed by atoms with van der Waals surface area (Å²) in [5.74, 6) is 0.672. The molecule has 0 bridgehead atoms. The fourth-order valence-electron chi connectivity index (χ4n) is 2.46. The molecule has 2 aromatic carbocycles. The predicted octanol–water partition coefficient (Wildman–Crippen LogP) is 4.11. The van der Waals surface area contributed by atoms with Gasteiger partial charge in [0.2, 0.25) is 0 Å². The molecule has 3 nitrogen and oxygen atoms in total. The van der Waals surface area contributed by atoms with Gasteiger partial charge in [0.1, 0.15) is 5.75 Å². The summed E-state index contributed by atoms with van der Waals surface area (Å²) in [6.45, 7) is 1.88. The van der Waals surface area contributed by atoms with Crippen LogP contribution in [0.3, 0.4) is 0 Å². The van der Waals surface area contributed by atoms with E-state index in [9.17, 15) is 4.79 Å². The van der Waals surface area contributed by atoms with Gasteiger partial charge >= 0.3 is 0 Å². The van der Waals surface area contributed by atoms with Crippen molar-refractivity contribution in [3.05, 3.63) is 71.9 Å². The van der Waals surface area contributed by atoms with Crippen LogP contribution in [0.15, 0.2) is 54.6 Å². The van der Waals surface area contributed by atoms with Gasteiger partial charge in [0.15, 0.2) is 0 Å². The minimum atomic E-state index is -0.0854. The van der Waals surface area contributed by atoms with Crippen molar-refractivity contribution >= 4 is 22.9 Å². The molecule has 0 N–H and O–H groups in total. The summed E-state index contributed by atoms with van der Waals surface area (Å²) in [7, 11) is 1.62. The van der Waals surface area contributed by atoms with Crippen LogP contribution in [0.5, 0.6) is 5.75 Å². The molecular formula is C19H16NO2. The number of hydrogen-bond donors (Lipinski definition) is 0. The number of methoxy groups -OCH3 is 1. The highest BCUT2D eigenvalue weighted by molar-refractivity contribution is 6.01. The Labute approximate surface area is 129 Å². The molecule has 0 atom stereocenters. The zero-order valence-electron chi connectivity index (χ0n) is 12.5. The minimum Gasteiger partial charge on any atom is -0.497 e. The molecule has 22 heavy (non-hydrogen) atoms. The second-order valence-electron chi connectivity index (χ2n) is 5.01. The molecule has 0 aliphatic heterocycles. The van der Waals surface area contributed by atoms with Crippen molar-refractivity contribution in [2.45, 2.75) is 6.92 Å². The van der Waals surface area contributed by atoms with Crippen LogP contribution in [0.25, 0.3) is 17.0 Å². The number of aromatic nitrogens is 1. The van der Waals surface area contributed by atoms with Crippen LogP contribution >= 0.6 is 0 Å². The van der Waals surface area contributed by atoms with Crippen molar-refractivity contribution in [3.8, 4) is 5.75 Å². The average Bonchev–Trinajstić information content (AvgIpc) is 2.88. The number of carbonyl (C=O) groups excluding carboxylic acids is 1. The summed E-state index contributed by atoms with van der Waals surface area (Å²) >= 11 is 0. The first-order valence-electron chi connectivity index (χ1n) is 7.05. The van der Waals surface area contributed by atoms with E-state index in [-0.39, 0.29) is 5.91 Å². The molecule has 0 fully saturated rings. The lowest BCUT2D eigenvalue weighted by Crippen LogP contribution is -2.08. The Morgan fingerprint density at radius 1 is 1.18 bits per heavy atom. The second kappa shape index (κ2) is 5.90. The van der Waals surface area contributed by atoms with Crippen molar-refractivity contribution in [1.29, 1.82) is 0 Å².